The third-order valence-electron chi connectivity index (χ3n) is 4.32. The molecule has 1 fully saturated rings. The zero-order valence-corrected chi connectivity index (χ0v) is 13.0. The lowest BCUT2D eigenvalue weighted by atomic mass is 10.0. The van der Waals surface area contributed by atoms with Crippen molar-refractivity contribution in [1.29, 1.82) is 0 Å². The van der Waals surface area contributed by atoms with Crippen molar-refractivity contribution in [1.82, 2.24) is 4.90 Å². The van der Waals surface area contributed by atoms with Crippen molar-refractivity contribution < 1.29 is 5.11 Å². The summed E-state index contributed by atoms with van der Waals surface area (Å²) < 4.78 is 0. The van der Waals surface area contributed by atoms with Crippen LogP contribution in [0.4, 0.5) is 0 Å². The van der Waals surface area contributed by atoms with E-state index in [1.165, 1.54) is 18.4 Å². The van der Waals surface area contributed by atoms with Crippen LogP contribution >= 0.6 is 11.6 Å². The average molecular weight is 302 g/mol. The zero-order valence-electron chi connectivity index (χ0n) is 12.2. The summed E-state index contributed by atoms with van der Waals surface area (Å²) in [6.07, 6.45) is 2.56. The van der Waals surface area contributed by atoms with Crippen LogP contribution in [0.2, 0.25) is 5.02 Å². The van der Waals surface area contributed by atoms with Crippen molar-refractivity contribution in [2.24, 2.45) is 0 Å². The van der Waals surface area contributed by atoms with E-state index in [1.54, 1.807) is 12.1 Å². The predicted octanol–water partition coefficient (Wildman–Crippen LogP) is 4.70. The van der Waals surface area contributed by atoms with Crippen LogP contribution in [0.25, 0.3) is 11.1 Å². The maximum Gasteiger partial charge on any atom is 0.115 e. The zero-order chi connectivity index (χ0) is 14.8. The Balaban J connectivity index is 1.81. The number of benzene rings is 2. The van der Waals surface area contributed by atoms with E-state index in [4.69, 9.17) is 11.6 Å². The molecule has 1 atom stereocenters. The first kappa shape index (κ1) is 14.4. The molecule has 1 aliphatic rings. The highest BCUT2D eigenvalue weighted by molar-refractivity contribution is 6.31. The molecule has 0 aliphatic carbocycles. The molecule has 0 spiro atoms. The molecular formula is C18H20ClNO. The van der Waals surface area contributed by atoms with Gasteiger partial charge in [0, 0.05) is 17.6 Å². The van der Waals surface area contributed by atoms with Crippen molar-refractivity contribution in [3.63, 3.8) is 0 Å². The molecule has 3 rings (SSSR count). The fourth-order valence-electron chi connectivity index (χ4n) is 2.96. The Morgan fingerprint density at radius 3 is 2.48 bits per heavy atom. The van der Waals surface area contributed by atoms with Gasteiger partial charge in [0.15, 0.2) is 0 Å². The second-order valence-electron chi connectivity index (χ2n) is 5.81. The Hall–Kier alpha value is -1.51. The summed E-state index contributed by atoms with van der Waals surface area (Å²) in [5.41, 5.74) is 3.34. The minimum atomic E-state index is 0.282. The summed E-state index contributed by atoms with van der Waals surface area (Å²) in [4.78, 5) is 2.49. The molecule has 0 unspecified atom stereocenters. The highest BCUT2D eigenvalue weighted by atomic mass is 35.5. The van der Waals surface area contributed by atoms with Crippen molar-refractivity contribution in [2.45, 2.75) is 32.4 Å². The molecule has 2 nitrogen and oxygen atoms in total. The number of hydrogen-bond acceptors (Lipinski definition) is 2. The van der Waals surface area contributed by atoms with Gasteiger partial charge < -0.3 is 5.11 Å². The molecule has 2 aromatic carbocycles. The monoisotopic (exact) mass is 301 g/mol. The number of nitrogens with zero attached hydrogens (tertiary/aromatic N) is 1. The fraction of sp³-hybridized carbons (Fsp3) is 0.333. The van der Waals surface area contributed by atoms with Gasteiger partial charge in [0.05, 0.1) is 0 Å². The van der Waals surface area contributed by atoms with Crippen LogP contribution in [0.5, 0.6) is 5.75 Å². The summed E-state index contributed by atoms with van der Waals surface area (Å²) in [5.74, 6) is 0.282. The van der Waals surface area contributed by atoms with Crippen LogP contribution in [0.3, 0.4) is 0 Å². The van der Waals surface area contributed by atoms with Crippen LogP contribution in [0, 0.1) is 0 Å². The number of halogens is 1. The second kappa shape index (κ2) is 6.08. The lowest BCUT2D eigenvalue weighted by Crippen LogP contribution is -2.26. The van der Waals surface area contributed by atoms with Gasteiger partial charge in [-0.1, -0.05) is 35.9 Å². The number of aromatic hydroxyl groups is 1. The normalized spacial score (nSPS) is 19.0. The van der Waals surface area contributed by atoms with Crippen molar-refractivity contribution in [3.8, 4) is 16.9 Å². The number of likely N-dealkylation sites (tertiary alicyclic amines) is 1. The van der Waals surface area contributed by atoms with Gasteiger partial charge in [0.25, 0.3) is 0 Å². The molecule has 21 heavy (non-hydrogen) atoms. The van der Waals surface area contributed by atoms with Crippen LogP contribution in [-0.2, 0) is 6.54 Å². The van der Waals surface area contributed by atoms with Gasteiger partial charge in [0.2, 0.25) is 0 Å². The quantitative estimate of drug-likeness (QED) is 0.888. The topological polar surface area (TPSA) is 23.5 Å². The third kappa shape index (κ3) is 3.22. The van der Waals surface area contributed by atoms with Gasteiger partial charge in [-0.3, -0.25) is 4.90 Å². The standard InChI is InChI=1S/C18H20ClNO/c1-13-3-2-10-20(13)12-16-5-4-15(11-18(16)19)14-6-8-17(21)9-7-14/h4-9,11,13,21H,2-3,10,12H2,1H3/t13-/m1/s1. The molecule has 1 N–H and O–H groups in total. The summed E-state index contributed by atoms with van der Waals surface area (Å²) in [6, 6.07) is 14.1. The van der Waals surface area contributed by atoms with E-state index in [9.17, 15) is 5.11 Å². The summed E-state index contributed by atoms with van der Waals surface area (Å²) in [5, 5.41) is 10.2. The van der Waals surface area contributed by atoms with E-state index < -0.39 is 0 Å². The molecule has 110 valence electrons. The average Bonchev–Trinajstić information content (AvgIpc) is 2.87. The third-order valence-corrected chi connectivity index (χ3v) is 4.67. The van der Waals surface area contributed by atoms with E-state index in [0.717, 1.165) is 29.2 Å². The largest absolute Gasteiger partial charge is 0.508 e. The Morgan fingerprint density at radius 1 is 1.14 bits per heavy atom. The van der Waals surface area contributed by atoms with Gasteiger partial charge in [-0.15, -0.1) is 0 Å². The molecular weight excluding hydrogens is 282 g/mol. The van der Waals surface area contributed by atoms with Gasteiger partial charge >= 0.3 is 0 Å². The molecule has 1 saturated heterocycles. The summed E-state index contributed by atoms with van der Waals surface area (Å²) >= 11 is 6.46. The maximum absolute atomic E-state index is 9.35. The maximum atomic E-state index is 9.35. The van der Waals surface area contributed by atoms with Crippen molar-refractivity contribution in [3.05, 3.63) is 53.1 Å². The molecule has 3 heteroatoms. The molecule has 0 aromatic heterocycles. The van der Waals surface area contributed by atoms with Crippen LogP contribution < -0.4 is 0 Å². The van der Waals surface area contributed by atoms with Crippen molar-refractivity contribution in [2.75, 3.05) is 6.54 Å². The van der Waals surface area contributed by atoms with Gasteiger partial charge in [-0.2, -0.15) is 0 Å². The van der Waals surface area contributed by atoms with E-state index in [-0.39, 0.29) is 5.75 Å². The molecule has 0 bridgehead atoms. The number of phenols is 1. The van der Waals surface area contributed by atoms with E-state index in [1.807, 2.05) is 18.2 Å². The molecule has 1 heterocycles. The van der Waals surface area contributed by atoms with Gasteiger partial charge in [-0.05, 0) is 61.2 Å². The molecule has 1 aliphatic heterocycles. The second-order valence-corrected chi connectivity index (χ2v) is 6.22. The fourth-order valence-corrected chi connectivity index (χ4v) is 3.20. The molecule has 0 radical (unpaired) electrons. The summed E-state index contributed by atoms with van der Waals surface area (Å²) in [6.45, 7) is 4.37. The van der Waals surface area contributed by atoms with Crippen LogP contribution in [0.1, 0.15) is 25.3 Å². The Morgan fingerprint density at radius 2 is 1.86 bits per heavy atom. The van der Waals surface area contributed by atoms with E-state index >= 15 is 0 Å². The number of phenolic OH excluding ortho intramolecular Hbond substituents is 1. The van der Waals surface area contributed by atoms with Crippen molar-refractivity contribution >= 4 is 11.6 Å². The van der Waals surface area contributed by atoms with Gasteiger partial charge in [0.1, 0.15) is 5.75 Å². The van der Waals surface area contributed by atoms with Crippen LogP contribution in [-0.4, -0.2) is 22.6 Å². The minimum Gasteiger partial charge on any atom is -0.508 e. The first-order valence-electron chi connectivity index (χ1n) is 7.45. The predicted molar refractivity (Wildman–Crippen MR) is 87.7 cm³/mol. The molecule has 0 amide bonds. The Bertz CT molecular complexity index is 624. The highest BCUT2D eigenvalue weighted by Crippen LogP contribution is 2.29. The highest BCUT2D eigenvalue weighted by Gasteiger charge is 2.20. The van der Waals surface area contributed by atoms with Gasteiger partial charge in [-0.25, -0.2) is 0 Å². The number of hydrogen-bond donors (Lipinski definition) is 1. The first-order chi connectivity index (χ1) is 10.1. The lowest BCUT2D eigenvalue weighted by Gasteiger charge is -2.21. The Labute approximate surface area is 131 Å². The van der Waals surface area contributed by atoms with E-state index in [0.29, 0.717) is 6.04 Å². The summed E-state index contributed by atoms with van der Waals surface area (Å²) in [7, 11) is 0. The SMILES string of the molecule is C[C@@H]1CCCN1Cc1ccc(-c2ccc(O)cc2)cc1Cl. The lowest BCUT2D eigenvalue weighted by molar-refractivity contribution is 0.260. The Kier molecular flexibility index (Phi) is 4.18. The van der Waals surface area contributed by atoms with Crippen LogP contribution in [0.15, 0.2) is 42.5 Å². The first-order valence-corrected chi connectivity index (χ1v) is 7.83. The smallest absolute Gasteiger partial charge is 0.115 e. The number of rotatable bonds is 3. The minimum absolute atomic E-state index is 0.282. The van der Waals surface area contributed by atoms with E-state index in [2.05, 4.69) is 24.0 Å². The molecule has 0 saturated carbocycles. The molecule has 2 aromatic rings.